The minimum absolute atomic E-state index is 0.0295. The molecule has 22 heavy (non-hydrogen) atoms. The number of rotatable bonds is 3. The number of likely N-dealkylation sites (tertiary alicyclic amines) is 1. The first-order valence-corrected chi connectivity index (χ1v) is 8.87. The number of carbonyl (C=O) groups excluding carboxylic acids is 1. The third-order valence-electron chi connectivity index (χ3n) is 4.15. The average molecular weight is 385 g/mol. The van der Waals surface area contributed by atoms with E-state index >= 15 is 0 Å². The number of hydrogen-bond acceptors (Lipinski definition) is 4. The van der Waals surface area contributed by atoms with Gasteiger partial charge in [0.25, 0.3) is 0 Å². The van der Waals surface area contributed by atoms with Crippen LogP contribution in [0.5, 0.6) is 0 Å². The molecule has 1 aliphatic rings. The molecule has 1 aromatic carbocycles. The third kappa shape index (κ3) is 3.11. The lowest BCUT2D eigenvalue weighted by molar-refractivity contribution is -0.133. The third-order valence-corrected chi connectivity index (χ3v) is 5.60. The molecule has 0 bridgehead atoms. The van der Waals surface area contributed by atoms with Crippen molar-refractivity contribution in [2.75, 3.05) is 19.7 Å². The molecule has 5 nitrogen and oxygen atoms in total. The van der Waals surface area contributed by atoms with Gasteiger partial charge in [0.15, 0.2) is 0 Å². The van der Waals surface area contributed by atoms with Crippen LogP contribution < -0.4 is 4.87 Å². The predicted octanol–water partition coefficient (Wildman–Crippen LogP) is 2.06. The van der Waals surface area contributed by atoms with Gasteiger partial charge in [-0.15, -0.1) is 0 Å². The smallest absolute Gasteiger partial charge is 0.308 e. The molecule has 1 saturated heterocycles. The van der Waals surface area contributed by atoms with E-state index in [2.05, 4.69) is 15.9 Å². The number of amides is 1. The average Bonchev–Trinajstić information content (AvgIpc) is 2.83. The van der Waals surface area contributed by atoms with E-state index in [1.165, 1.54) is 0 Å². The highest BCUT2D eigenvalue weighted by molar-refractivity contribution is 9.10. The molecule has 1 amide bonds. The Morgan fingerprint density at radius 3 is 2.77 bits per heavy atom. The van der Waals surface area contributed by atoms with E-state index in [0.717, 1.165) is 38.9 Å². The number of nitrogens with zero attached hydrogens (tertiary/aromatic N) is 2. The minimum Gasteiger partial charge on any atom is -0.396 e. The number of fused-ring (bicyclic) bond motifs is 1. The number of aliphatic hydroxyl groups is 1. The highest BCUT2D eigenvalue weighted by Gasteiger charge is 2.23. The minimum atomic E-state index is -0.105. The predicted molar refractivity (Wildman–Crippen MR) is 90.2 cm³/mol. The molecule has 1 aromatic heterocycles. The van der Waals surface area contributed by atoms with Gasteiger partial charge in [-0.1, -0.05) is 27.3 Å². The van der Waals surface area contributed by atoms with Crippen molar-refractivity contribution in [3.63, 3.8) is 0 Å². The second-order valence-electron chi connectivity index (χ2n) is 5.57. The van der Waals surface area contributed by atoms with Crippen molar-refractivity contribution >= 4 is 43.4 Å². The van der Waals surface area contributed by atoms with Crippen molar-refractivity contribution in [3.8, 4) is 0 Å². The fourth-order valence-corrected chi connectivity index (χ4v) is 4.01. The van der Waals surface area contributed by atoms with Gasteiger partial charge < -0.3 is 10.0 Å². The van der Waals surface area contributed by atoms with Gasteiger partial charge in [0.05, 0.1) is 10.2 Å². The van der Waals surface area contributed by atoms with Crippen molar-refractivity contribution in [1.82, 2.24) is 9.47 Å². The van der Waals surface area contributed by atoms with Gasteiger partial charge in [0.2, 0.25) is 5.91 Å². The molecule has 1 fully saturated rings. The highest BCUT2D eigenvalue weighted by atomic mass is 79.9. The van der Waals surface area contributed by atoms with Gasteiger partial charge >= 0.3 is 4.87 Å². The van der Waals surface area contributed by atoms with Gasteiger partial charge in [-0.2, -0.15) is 0 Å². The first-order valence-electron chi connectivity index (χ1n) is 7.26. The van der Waals surface area contributed by atoms with Crippen LogP contribution in [0.15, 0.2) is 27.5 Å². The molecule has 0 spiro atoms. The molecule has 0 saturated carbocycles. The first kappa shape index (κ1) is 15.7. The van der Waals surface area contributed by atoms with Crippen LogP contribution in [0.3, 0.4) is 0 Å². The molecule has 118 valence electrons. The van der Waals surface area contributed by atoms with Crippen LogP contribution in [0.4, 0.5) is 0 Å². The summed E-state index contributed by atoms with van der Waals surface area (Å²) < 4.78 is 3.33. The molecule has 1 N–H and O–H groups in total. The normalized spacial score (nSPS) is 16.4. The van der Waals surface area contributed by atoms with Crippen LogP contribution in [0.25, 0.3) is 10.2 Å². The lowest BCUT2D eigenvalue weighted by atomic mass is 9.98. The summed E-state index contributed by atoms with van der Waals surface area (Å²) in [6, 6.07) is 5.65. The van der Waals surface area contributed by atoms with Crippen LogP contribution in [0.2, 0.25) is 0 Å². The van der Waals surface area contributed by atoms with Crippen molar-refractivity contribution in [2.45, 2.75) is 19.4 Å². The Kier molecular flexibility index (Phi) is 4.65. The molecule has 7 heteroatoms. The number of carbonyl (C=O) groups is 1. The summed E-state index contributed by atoms with van der Waals surface area (Å²) in [6.07, 6.45) is 1.65. The largest absolute Gasteiger partial charge is 0.396 e. The molecule has 2 heterocycles. The van der Waals surface area contributed by atoms with E-state index in [0.29, 0.717) is 19.0 Å². The van der Waals surface area contributed by atoms with E-state index in [4.69, 9.17) is 5.11 Å². The molecule has 2 aromatic rings. The van der Waals surface area contributed by atoms with Crippen LogP contribution >= 0.6 is 27.3 Å². The molecular weight excluding hydrogens is 368 g/mol. The van der Waals surface area contributed by atoms with E-state index in [9.17, 15) is 9.59 Å². The van der Waals surface area contributed by atoms with Crippen LogP contribution in [0, 0.1) is 5.92 Å². The maximum Gasteiger partial charge on any atom is 0.308 e. The molecule has 0 unspecified atom stereocenters. The maximum atomic E-state index is 12.4. The zero-order valence-electron chi connectivity index (χ0n) is 12.0. The van der Waals surface area contributed by atoms with E-state index in [1.807, 2.05) is 18.2 Å². The molecule has 0 aliphatic carbocycles. The molecule has 0 atom stereocenters. The Bertz CT molecular complexity index is 747. The van der Waals surface area contributed by atoms with Gasteiger partial charge in [0.1, 0.15) is 6.54 Å². The second-order valence-corrected chi connectivity index (χ2v) is 7.48. The van der Waals surface area contributed by atoms with E-state index in [1.54, 1.807) is 9.47 Å². The standard InChI is InChI=1S/C15H17BrN2O3S/c16-11-1-2-13-12(7-11)18(15(21)22-13)8-14(20)17-5-3-10(9-19)4-6-17/h1-2,7,10,19H,3-6,8-9H2. The number of hydrogen-bond donors (Lipinski definition) is 1. The topological polar surface area (TPSA) is 62.5 Å². The van der Waals surface area contributed by atoms with Gasteiger partial charge in [-0.05, 0) is 37.0 Å². The van der Waals surface area contributed by atoms with Crippen LogP contribution in [-0.4, -0.2) is 40.2 Å². The van der Waals surface area contributed by atoms with Crippen molar-refractivity contribution in [2.24, 2.45) is 5.92 Å². The molecular formula is C15H17BrN2O3S. The van der Waals surface area contributed by atoms with Crippen LogP contribution in [-0.2, 0) is 11.3 Å². The van der Waals surface area contributed by atoms with Crippen LogP contribution in [0.1, 0.15) is 12.8 Å². The maximum absolute atomic E-state index is 12.4. The molecule has 1 aliphatic heterocycles. The molecule has 0 radical (unpaired) electrons. The second kappa shape index (κ2) is 6.52. The summed E-state index contributed by atoms with van der Waals surface area (Å²) in [4.78, 5) is 26.3. The summed E-state index contributed by atoms with van der Waals surface area (Å²) in [5.41, 5.74) is 0.794. The summed E-state index contributed by atoms with van der Waals surface area (Å²) in [5, 5.41) is 9.15. The van der Waals surface area contributed by atoms with Gasteiger partial charge in [0, 0.05) is 24.2 Å². The Morgan fingerprint density at radius 2 is 2.09 bits per heavy atom. The zero-order valence-corrected chi connectivity index (χ0v) is 14.4. The lowest BCUT2D eigenvalue weighted by Gasteiger charge is -2.31. The Hall–Kier alpha value is -1.18. The summed E-state index contributed by atoms with van der Waals surface area (Å²) in [7, 11) is 0. The monoisotopic (exact) mass is 384 g/mol. The first-order chi connectivity index (χ1) is 10.6. The summed E-state index contributed by atoms with van der Waals surface area (Å²) >= 11 is 4.57. The van der Waals surface area contributed by atoms with Crippen molar-refractivity contribution in [3.05, 3.63) is 32.3 Å². The quantitative estimate of drug-likeness (QED) is 0.880. The van der Waals surface area contributed by atoms with Crippen molar-refractivity contribution < 1.29 is 9.90 Å². The fourth-order valence-electron chi connectivity index (χ4n) is 2.79. The van der Waals surface area contributed by atoms with E-state index < -0.39 is 0 Å². The van der Waals surface area contributed by atoms with Gasteiger partial charge in [-0.25, -0.2) is 0 Å². The number of thiazole rings is 1. The van der Waals surface area contributed by atoms with E-state index in [-0.39, 0.29) is 23.9 Å². The zero-order chi connectivity index (χ0) is 15.7. The van der Waals surface area contributed by atoms with Gasteiger partial charge in [-0.3, -0.25) is 14.2 Å². The Balaban J connectivity index is 1.78. The lowest BCUT2D eigenvalue weighted by Crippen LogP contribution is -2.41. The Morgan fingerprint density at radius 1 is 1.36 bits per heavy atom. The summed E-state index contributed by atoms with van der Waals surface area (Å²) in [6.45, 7) is 1.58. The number of benzene rings is 1. The number of halogens is 1. The fraction of sp³-hybridized carbons (Fsp3) is 0.467. The Labute approximate surface area is 140 Å². The number of aliphatic hydroxyl groups excluding tert-OH is 1. The number of piperidine rings is 1. The summed E-state index contributed by atoms with van der Waals surface area (Å²) in [5.74, 6) is 0.267. The highest BCUT2D eigenvalue weighted by Crippen LogP contribution is 2.22. The molecule has 3 rings (SSSR count). The SMILES string of the molecule is O=C(Cn1c(=O)sc2ccc(Br)cc21)N1CCC(CO)CC1. The number of aromatic nitrogens is 1. The van der Waals surface area contributed by atoms with Crippen molar-refractivity contribution in [1.29, 1.82) is 0 Å².